The van der Waals surface area contributed by atoms with Gasteiger partial charge in [0.1, 0.15) is 5.82 Å². The largest absolute Gasteiger partial charge is 0.382 e. The molecule has 1 unspecified atom stereocenters. The summed E-state index contributed by atoms with van der Waals surface area (Å²) in [5.74, 6) is 0.112. The zero-order chi connectivity index (χ0) is 11.4. The Morgan fingerprint density at radius 1 is 1.33 bits per heavy atom. The smallest absolute Gasteiger partial charge is 0.126 e. The molecule has 0 amide bonds. The first-order chi connectivity index (χ1) is 7.04. The van der Waals surface area contributed by atoms with Crippen molar-refractivity contribution in [2.45, 2.75) is 20.3 Å². The zero-order valence-electron chi connectivity index (χ0n) is 8.78. The summed E-state index contributed by atoms with van der Waals surface area (Å²) in [6.45, 7) is 5.01. The Kier molecular flexibility index (Phi) is 4.68. The number of nitrogens with one attached hydrogen (secondary N) is 1. The van der Waals surface area contributed by atoms with Crippen LogP contribution >= 0.6 is 23.2 Å². The van der Waals surface area contributed by atoms with Gasteiger partial charge >= 0.3 is 0 Å². The van der Waals surface area contributed by atoms with Crippen LogP contribution in [0.15, 0.2) is 12.1 Å². The number of anilines is 1. The number of benzene rings is 1. The lowest BCUT2D eigenvalue weighted by Crippen LogP contribution is -2.10. The van der Waals surface area contributed by atoms with Crippen LogP contribution in [0.2, 0.25) is 10.0 Å². The zero-order valence-corrected chi connectivity index (χ0v) is 10.3. The van der Waals surface area contributed by atoms with Crippen molar-refractivity contribution in [2.75, 3.05) is 11.9 Å². The van der Waals surface area contributed by atoms with Crippen LogP contribution in [0.1, 0.15) is 20.3 Å². The molecule has 84 valence electrons. The predicted octanol–water partition coefficient (Wildman–Crippen LogP) is 4.59. The summed E-state index contributed by atoms with van der Waals surface area (Å²) in [6.07, 6.45) is 1.07. The molecule has 1 nitrogen and oxygen atoms in total. The second kappa shape index (κ2) is 5.57. The van der Waals surface area contributed by atoms with Gasteiger partial charge in [-0.05, 0) is 18.1 Å². The molecule has 0 bridgehead atoms. The number of halogens is 3. The maximum Gasteiger partial charge on any atom is 0.126 e. The minimum Gasteiger partial charge on any atom is -0.382 e. The molecule has 0 spiro atoms. The maximum absolute atomic E-state index is 12.9. The van der Waals surface area contributed by atoms with E-state index in [9.17, 15) is 4.39 Å². The Labute approximate surface area is 99.6 Å². The van der Waals surface area contributed by atoms with Gasteiger partial charge in [0.2, 0.25) is 0 Å². The molecule has 0 saturated carbocycles. The fourth-order valence-corrected chi connectivity index (χ4v) is 1.73. The van der Waals surface area contributed by atoms with E-state index in [0.717, 1.165) is 13.0 Å². The average Bonchev–Trinajstić information content (AvgIpc) is 2.15. The third-order valence-corrected chi connectivity index (χ3v) is 2.93. The Morgan fingerprint density at radius 2 is 1.87 bits per heavy atom. The third-order valence-electron chi connectivity index (χ3n) is 2.33. The van der Waals surface area contributed by atoms with Gasteiger partial charge < -0.3 is 5.32 Å². The summed E-state index contributed by atoms with van der Waals surface area (Å²) in [5.41, 5.74) is 0.611. The van der Waals surface area contributed by atoms with Crippen molar-refractivity contribution in [1.82, 2.24) is 0 Å². The minimum atomic E-state index is -0.418. The molecule has 0 saturated heterocycles. The minimum absolute atomic E-state index is 0.323. The fraction of sp³-hybridized carbons (Fsp3) is 0.455. The summed E-state index contributed by atoms with van der Waals surface area (Å²) < 4.78 is 12.9. The van der Waals surface area contributed by atoms with Gasteiger partial charge in [-0.15, -0.1) is 0 Å². The molecule has 0 fully saturated rings. The first-order valence-corrected chi connectivity index (χ1v) is 5.68. The topological polar surface area (TPSA) is 12.0 Å². The van der Waals surface area contributed by atoms with Crippen LogP contribution in [0, 0.1) is 11.7 Å². The molecule has 1 aromatic carbocycles. The van der Waals surface area contributed by atoms with Crippen molar-refractivity contribution in [3.05, 3.63) is 28.0 Å². The van der Waals surface area contributed by atoms with Crippen molar-refractivity contribution >= 4 is 28.9 Å². The summed E-state index contributed by atoms with van der Waals surface area (Å²) in [6, 6.07) is 2.51. The second-order valence-corrected chi connectivity index (χ2v) is 4.45. The van der Waals surface area contributed by atoms with Crippen LogP contribution < -0.4 is 5.32 Å². The molecule has 1 atom stereocenters. The lowest BCUT2D eigenvalue weighted by molar-refractivity contribution is 0.593. The molecule has 15 heavy (non-hydrogen) atoms. The molecule has 0 radical (unpaired) electrons. The van der Waals surface area contributed by atoms with E-state index in [2.05, 4.69) is 19.2 Å². The highest BCUT2D eigenvalue weighted by molar-refractivity contribution is 6.39. The molecular weight excluding hydrogens is 236 g/mol. The van der Waals surface area contributed by atoms with Crippen molar-refractivity contribution in [3.63, 3.8) is 0 Å². The molecule has 0 aromatic heterocycles. The highest BCUT2D eigenvalue weighted by Crippen LogP contribution is 2.31. The summed E-state index contributed by atoms with van der Waals surface area (Å²) in [5, 5.41) is 3.77. The van der Waals surface area contributed by atoms with Crippen LogP contribution in [-0.2, 0) is 0 Å². The molecule has 0 heterocycles. The van der Waals surface area contributed by atoms with Gasteiger partial charge in [0.25, 0.3) is 0 Å². The maximum atomic E-state index is 12.9. The van der Waals surface area contributed by atoms with Crippen LogP contribution in [0.4, 0.5) is 10.1 Å². The van der Waals surface area contributed by atoms with E-state index in [1.807, 2.05) is 0 Å². The van der Waals surface area contributed by atoms with Crippen molar-refractivity contribution in [2.24, 2.45) is 5.92 Å². The molecule has 0 aliphatic rings. The first-order valence-electron chi connectivity index (χ1n) is 4.93. The van der Waals surface area contributed by atoms with Gasteiger partial charge in [0, 0.05) is 6.54 Å². The van der Waals surface area contributed by atoms with Crippen molar-refractivity contribution < 1.29 is 4.39 Å². The van der Waals surface area contributed by atoms with Crippen LogP contribution in [-0.4, -0.2) is 6.54 Å². The van der Waals surface area contributed by atoms with Gasteiger partial charge in [0.05, 0.1) is 15.7 Å². The predicted molar refractivity (Wildman–Crippen MR) is 64.4 cm³/mol. The van der Waals surface area contributed by atoms with Crippen molar-refractivity contribution in [3.8, 4) is 0 Å². The highest BCUT2D eigenvalue weighted by atomic mass is 35.5. The number of rotatable bonds is 4. The molecule has 0 aliphatic carbocycles. The van der Waals surface area contributed by atoms with Gasteiger partial charge in [0.15, 0.2) is 0 Å². The Hall–Kier alpha value is -0.470. The van der Waals surface area contributed by atoms with Crippen molar-refractivity contribution in [1.29, 1.82) is 0 Å². The molecule has 4 heteroatoms. The average molecular weight is 250 g/mol. The highest BCUT2D eigenvalue weighted by Gasteiger charge is 2.08. The van der Waals surface area contributed by atoms with E-state index in [0.29, 0.717) is 21.7 Å². The quantitative estimate of drug-likeness (QED) is 0.823. The monoisotopic (exact) mass is 249 g/mol. The lowest BCUT2D eigenvalue weighted by Gasteiger charge is -2.14. The van der Waals surface area contributed by atoms with Gasteiger partial charge in [-0.2, -0.15) is 0 Å². The second-order valence-electron chi connectivity index (χ2n) is 3.64. The number of hydrogen-bond acceptors (Lipinski definition) is 1. The Balaban J connectivity index is 2.77. The SMILES string of the molecule is CCC(C)CNc1c(Cl)cc(F)cc1Cl. The van der Waals surface area contributed by atoms with E-state index in [4.69, 9.17) is 23.2 Å². The van der Waals surface area contributed by atoms with Crippen LogP contribution in [0.3, 0.4) is 0 Å². The van der Waals surface area contributed by atoms with Crippen LogP contribution in [0.5, 0.6) is 0 Å². The lowest BCUT2D eigenvalue weighted by atomic mass is 10.1. The summed E-state index contributed by atoms with van der Waals surface area (Å²) in [4.78, 5) is 0. The van der Waals surface area contributed by atoms with E-state index < -0.39 is 5.82 Å². The van der Waals surface area contributed by atoms with E-state index in [1.54, 1.807) is 0 Å². The van der Waals surface area contributed by atoms with Gasteiger partial charge in [-0.3, -0.25) is 0 Å². The normalized spacial score (nSPS) is 12.6. The summed E-state index contributed by atoms with van der Waals surface area (Å²) >= 11 is 11.7. The van der Waals surface area contributed by atoms with E-state index in [1.165, 1.54) is 12.1 Å². The molecule has 1 rings (SSSR count). The molecule has 0 aliphatic heterocycles. The molecule has 1 N–H and O–H groups in total. The first kappa shape index (κ1) is 12.6. The third kappa shape index (κ3) is 3.54. The number of hydrogen-bond donors (Lipinski definition) is 1. The fourth-order valence-electron chi connectivity index (χ4n) is 1.13. The van der Waals surface area contributed by atoms with E-state index >= 15 is 0 Å². The summed E-state index contributed by atoms with van der Waals surface area (Å²) in [7, 11) is 0. The molecular formula is C11H14Cl2FN. The van der Waals surface area contributed by atoms with E-state index in [-0.39, 0.29) is 0 Å². The Morgan fingerprint density at radius 3 is 2.33 bits per heavy atom. The van der Waals surface area contributed by atoms with Crippen LogP contribution in [0.25, 0.3) is 0 Å². The standard InChI is InChI=1S/C11H14Cl2FN/c1-3-7(2)6-15-11-9(12)4-8(14)5-10(11)13/h4-5,7,15H,3,6H2,1-2H3. The van der Waals surface area contributed by atoms with Gasteiger partial charge in [-0.25, -0.2) is 4.39 Å². The Bertz CT molecular complexity index is 318. The molecule has 1 aromatic rings. The van der Waals surface area contributed by atoms with Gasteiger partial charge in [-0.1, -0.05) is 43.5 Å².